The lowest BCUT2D eigenvalue weighted by Crippen LogP contribution is -2.54. The summed E-state index contributed by atoms with van der Waals surface area (Å²) in [6.07, 6.45) is 0.346. The van der Waals surface area contributed by atoms with Gasteiger partial charge < -0.3 is 20.7 Å². The number of amides is 2. The Morgan fingerprint density at radius 1 is 1.41 bits per heavy atom. The first-order valence-corrected chi connectivity index (χ1v) is 7.50. The second-order valence-corrected chi connectivity index (χ2v) is 5.51. The maximum Gasteiger partial charge on any atom is 0.239 e. The van der Waals surface area contributed by atoms with E-state index in [0.29, 0.717) is 32.7 Å². The minimum atomic E-state index is -0.554. The van der Waals surface area contributed by atoms with Gasteiger partial charge in [0.15, 0.2) is 0 Å². The number of nitrogens with two attached hydrogens (primary N) is 1. The third kappa shape index (κ3) is 4.82. The van der Waals surface area contributed by atoms with Crippen molar-refractivity contribution < 1.29 is 14.3 Å². The molecule has 1 aliphatic rings. The average molecular weight is 305 g/mol. The van der Waals surface area contributed by atoms with Gasteiger partial charge in [0.1, 0.15) is 0 Å². The molecule has 1 fully saturated rings. The van der Waals surface area contributed by atoms with Gasteiger partial charge in [0, 0.05) is 26.6 Å². The zero-order valence-electron chi connectivity index (χ0n) is 12.8. The fraction of sp³-hybridized carbons (Fsp3) is 0.500. The van der Waals surface area contributed by atoms with E-state index in [1.54, 1.807) is 4.90 Å². The molecule has 1 heterocycles. The third-order valence-corrected chi connectivity index (χ3v) is 3.64. The molecule has 0 radical (unpaired) electrons. The fourth-order valence-electron chi connectivity index (χ4n) is 2.49. The van der Waals surface area contributed by atoms with Crippen molar-refractivity contribution in [2.24, 2.45) is 5.73 Å². The molecular formula is C16H23N3O3. The third-order valence-electron chi connectivity index (χ3n) is 3.64. The van der Waals surface area contributed by atoms with Crippen LogP contribution in [0.5, 0.6) is 0 Å². The molecule has 2 atom stereocenters. The highest BCUT2D eigenvalue weighted by Gasteiger charge is 2.27. The second kappa shape index (κ2) is 7.91. The lowest BCUT2D eigenvalue weighted by atomic mass is 10.1. The first-order chi connectivity index (χ1) is 10.6. The number of nitrogens with zero attached hydrogens (tertiary/aromatic N) is 1. The standard InChI is InChI=1S/C16H23N3O3/c1-12(20)18-10-14-11-19(7-8-22-14)16(21)15(17)9-13-5-3-2-4-6-13/h2-6,14-15H,7-11,17H2,1H3,(H,18,20)/t14-,15-/m0/s1. The number of benzene rings is 1. The molecular weight excluding hydrogens is 282 g/mol. The van der Waals surface area contributed by atoms with Gasteiger partial charge in [0.2, 0.25) is 11.8 Å². The number of carbonyl (C=O) groups excluding carboxylic acids is 2. The van der Waals surface area contributed by atoms with Crippen LogP contribution in [-0.4, -0.2) is 55.1 Å². The summed E-state index contributed by atoms with van der Waals surface area (Å²) < 4.78 is 5.56. The van der Waals surface area contributed by atoms with E-state index < -0.39 is 6.04 Å². The van der Waals surface area contributed by atoms with Crippen LogP contribution in [0.15, 0.2) is 30.3 Å². The molecule has 1 aromatic rings. The Hall–Kier alpha value is -1.92. The maximum absolute atomic E-state index is 12.4. The van der Waals surface area contributed by atoms with E-state index in [0.717, 1.165) is 5.56 Å². The molecule has 1 aromatic carbocycles. The monoisotopic (exact) mass is 305 g/mol. The molecule has 0 aromatic heterocycles. The van der Waals surface area contributed by atoms with Crippen molar-refractivity contribution in [2.75, 3.05) is 26.2 Å². The summed E-state index contributed by atoms with van der Waals surface area (Å²) in [7, 11) is 0. The minimum Gasteiger partial charge on any atom is -0.373 e. The van der Waals surface area contributed by atoms with Crippen molar-refractivity contribution in [2.45, 2.75) is 25.5 Å². The predicted octanol–water partition coefficient (Wildman–Crippen LogP) is -0.0801. The van der Waals surface area contributed by atoms with Gasteiger partial charge in [-0.25, -0.2) is 0 Å². The number of morpholine rings is 1. The summed E-state index contributed by atoms with van der Waals surface area (Å²) in [4.78, 5) is 25.1. The number of hydrogen-bond acceptors (Lipinski definition) is 4. The maximum atomic E-state index is 12.4. The van der Waals surface area contributed by atoms with Crippen molar-refractivity contribution in [1.82, 2.24) is 10.2 Å². The van der Waals surface area contributed by atoms with Crippen molar-refractivity contribution in [3.8, 4) is 0 Å². The molecule has 2 amide bonds. The molecule has 120 valence electrons. The predicted molar refractivity (Wildman–Crippen MR) is 83.1 cm³/mol. The molecule has 22 heavy (non-hydrogen) atoms. The highest BCUT2D eigenvalue weighted by atomic mass is 16.5. The van der Waals surface area contributed by atoms with Crippen LogP contribution in [-0.2, 0) is 20.7 Å². The minimum absolute atomic E-state index is 0.0695. The van der Waals surface area contributed by atoms with Crippen molar-refractivity contribution in [3.05, 3.63) is 35.9 Å². The quantitative estimate of drug-likeness (QED) is 0.797. The van der Waals surface area contributed by atoms with E-state index in [9.17, 15) is 9.59 Å². The van der Waals surface area contributed by atoms with Crippen LogP contribution in [0.2, 0.25) is 0 Å². The molecule has 6 heteroatoms. The molecule has 1 saturated heterocycles. The number of hydrogen-bond donors (Lipinski definition) is 2. The Balaban J connectivity index is 1.86. The van der Waals surface area contributed by atoms with Crippen LogP contribution in [0.25, 0.3) is 0 Å². The van der Waals surface area contributed by atoms with Gasteiger partial charge in [0.05, 0.1) is 18.8 Å². The molecule has 2 rings (SSSR count). The summed E-state index contributed by atoms with van der Waals surface area (Å²) in [5.74, 6) is -0.173. The number of nitrogens with one attached hydrogen (secondary N) is 1. The Labute approximate surface area is 130 Å². The highest BCUT2D eigenvalue weighted by Crippen LogP contribution is 2.09. The lowest BCUT2D eigenvalue weighted by Gasteiger charge is -2.34. The van der Waals surface area contributed by atoms with Crippen LogP contribution in [0.3, 0.4) is 0 Å². The smallest absolute Gasteiger partial charge is 0.239 e. The first-order valence-electron chi connectivity index (χ1n) is 7.50. The van der Waals surface area contributed by atoms with E-state index in [1.165, 1.54) is 6.92 Å². The van der Waals surface area contributed by atoms with E-state index in [2.05, 4.69) is 5.32 Å². The van der Waals surface area contributed by atoms with Crippen LogP contribution >= 0.6 is 0 Å². The fourth-order valence-corrected chi connectivity index (χ4v) is 2.49. The van der Waals surface area contributed by atoms with Gasteiger partial charge in [-0.3, -0.25) is 9.59 Å². The van der Waals surface area contributed by atoms with E-state index in [-0.39, 0.29) is 17.9 Å². The van der Waals surface area contributed by atoms with Crippen LogP contribution < -0.4 is 11.1 Å². The summed E-state index contributed by atoms with van der Waals surface area (Å²) in [6, 6.07) is 9.18. The van der Waals surface area contributed by atoms with E-state index >= 15 is 0 Å². The topological polar surface area (TPSA) is 84.7 Å². The number of carbonyl (C=O) groups is 2. The van der Waals surface area contributed by atoms with Crippen LogP contribution in [0.1, 0.15) is 12.5 Å². The van der Waals surface area contributed by atoms with Gasteiger partial charge >= 0.3 is 0 Å². The number of ether oxygens (including phenoxy) is 1. The van der Waals surface area contributed by atoms with E-state index in [4.69, 9.17) is 10.5 Å². The zero-order chi connectivity index (χ0) is 15.9. The largest absolute Gasteiger partial charge is 0.373 e. The molecule has 0 bridgehead atoms. The van der Waals surface area contributed by atoms with Crippen molar-refractivity contribution >= 4 is 11.8 Å². The molecule has 3 N–H and O–H groups in total. The van der Waals surface area contributed by atoms with Gasteiger partial charge in [-0.05, 0) is 12.0 Å². The number of rotatable bonds is 5. The van der Waals surface area contributed by atoms with Crippen LogP contribution in [0.4, 0.5) is 0 Å². The second-order valence-electron chi connectivity index (χ2n) is 5.51. The zero-order valence-corrected chi connectivity index (χ0v) is 12.8. The normalized spacial score (nSPS) is 19.5. The van der Waals surface area contributed by atoms with Crippen LogP contribution in [0, 0.1) is 0 Å². The Morgan fingerprint density at radius 3 is 2.82 bits per heavy atom. The van der Waals surface area contributed by atoms with Crippen molar-refractivity contribution in [3.63, 3.8) is 0 Å². The summed E-state index contributed by atoms with van der Waals surface area (Å²) in [5, 5.41) is 2.71. The van der Waals surface area contributed by atoms with E-state index in [1.807, 2.05) is 30.3 Å². The Bertz CT molecular complexity index is 507. The molecule has 0 unspecified atom stereocenters. The van der Waals surface area contributed by atoms with Gasteiger partial charge in [-0.2, -0.15) is 0 Å². The molecule has 0 aliphatic carbocycles. The summed E-state index contributed by atoms with van der Waals surface area (Å²) in [6.45, 7) is 3.34. The highest BCUT2D eigenvalue weighted by molar-refractivity contribution is 5.82. The van der Waals surface area contributed by atoms with Gasteiger partial charge in [-0.1, -0.05) is 30.3 Å². The summed E-state index contributed by atoms with van der Waals surface area (Å²) in [5.41, 5.74) is 7.09. The molecule has 6 nitrogen and oxygen atoms in total. The summed E-state index contributed by atoms with van der Waals surface area (Å²) >= 11 is 0. The molecule has 0 spiro atoms. The van der Waals surface area contributed by atoms with Crippen molar-refractivity contribution in [1.29, 1.82) is 0 Å². The first kappa shape index (κ1) is 16.5. The SMILES string of the molecule is CC(=O)NC[C@H]1CN(C(=O)[C@@H](N)Cc2ccccc2)CCO1. The molecule has 1 aliphatic heterocycles. The average Bonchev–Trinajstić information content (AvgIpc) is 2.53. The Morgan fingerprint density at radius 2 is 2.14 bits per heavy atom. The van der Waals surface area contributed by atoms with Gasteiger partial charge in [-0.15, -0.1) is 0 Å². The lowest BCUT2D eigenvalue weighted by molar-refractivity contribution is -0.140. The van der Waals surface area contributed by atoms with Gasteiger partial charge in [0.25, 0.3) is 0 Å². The molecule has 0 saturated carbocycles. The Kier molecular flexibility index (Phi) is 5.91.